The van der Waals surface area contributed by atoms with Gasteiger partial charge in [0.05, 0.1) is 28.0 Å². The van der Waals surface area contributed by atoms with Crippen molar-refractivity contribution >= 4 is 44.0 Å². The molecule has 298 valence electrons. The third-order valence-corrected chi connectivity index (χ3v) is 14.5. The lowest BCUT2D eigenvalue weighted by atomic mass is 9.61. The van der Waals surface area contributed by atoms with E-state index < -0.39 is 0 Å². The first-order valence-electron chi connectivity index (χ1n) is 22.2. The molecule has 2 aromatic heterocycles. The van der Waals surface area contributed by atoms with E-state index in [9.17, 15) is 0 Å². The molecule has 10 aromatic rings. The highest BCUT2D eigenvalue weighted by Gasteiger charge is 2.57. The SMILES string of the molecule is CC12CCCCC1(C)N(c1ccc(-c3ccc(-n4c5ccccc5c5ccc6ccccc6c54)cc3)cc1)c1ccc(-c3cc(-c4ccccc4)cc(-c4ccccc4)n3)cc12. The predicted octanol–water partition coefficient (Wildman–Crippen LogP) is 15.7. The van der Waals surface area contributed by atoms with E-state index in [0.717, 1.165) is 29.8 Å². The van der Waals surface area contributed by atoms with E-state index in [1.165, 1.54) is 95.9 Å². The number of fused-ring (bicyclic) bond motifs is 8. The van der Waals surface area contributed by atoms with Gasteiger partial charge < -0.3 is 9.47 Å². The van der Waals surface area contributed by atoms with Crippen molar-refractivity contribution in [2.75, 3.05) is 4.90 Å². The van der Waals surface area contributed by atoms with E-state index in [2.05, 4.69) is 224 Å². The molecule has 1 aliphatic heterocycles. The van der Waals surface area contributed by atoms with Gasteiger partial charge in [-0.2, -0.15) is 0 Å². The second-order valence-electron chi connectivity index (χ2n) is 17.9. The Hall–Kier alpha value is -7.23. The van der Waals surface area contributed by atoms with Gasteiger partial charge in [-0.15, -0.1) is 0 Å². The fourth-order valence-electron chi connectivity index (χ4n) is 11.1. The number of para-hydroxylation sites is 1. The molecule has 12 rings (SSSR count). The van der Waals surface area contributed by atoms with Gasteiger partial charge in [-0.25, -0.2) is 4.98 Å². The second kappa shape index (κ2) is 14.2. The van der Waals surface area contributed by atoms with Gasteiger partial charge in [-0.05, 0) is 108 Å². The summed E-state index contributed by atoms with van der Waals surface area (Å²) >= 11 is 0. The molecule has 0 saturated heterocycles. The molecule has 0 N–H and O–H groups in total. The molecule has 3 heterocycles. The van der Waals surface area contributed by atoms with E-state index >= 15 is 0 Å². The van der Waals surface area contributed by atoms with Crippen molar-refractivity contribution in [3.63, 3.8) is 0 Å². The van der Waals surface area contributed by atoms with Crippen LogP contribution in [0.15, 0.2) is 200 Å². The highest BCUT2D eigenvalue weighted by Crippen LogP contribution is 2.61. The van der Waals surface area contributed by atoms with Gasteiger partial charge in [0.15, 0.2) is 0 Å². The van der Waals surface area contributed by atoms with Crippen molar-refractivity contribution < 1.29 is 0 Å². The van der Waals surface area contributed by atoms with Crippen LogP contribution in [0.25, 0.3) is 83.0 Å². The first-order valence-corrected chi connectivity index (χ1v) is 22.2. The summed E-state index contributed by atoms with van der Waals surface area (Å²) in [5, 5.41) is 5.09. The molecule has 2 unspecified atom stereocenters. The number of pyridine rings is 1. The maximum atomic E-state index is 5.33. The smallest absolute Gasteiger partial charge is 0.0715 e. The van der Waals surface area contributed by atoms with Crippen LogP contribution in [0.5, 0.6) is 0 Å². The standard InChI is InChI=1S/C59H47N3/c1-58-35-13-14-36-59(58,2)62(56-34-28-45(37-52(56)58)54-39-46(40-15-5-3-6-16-40)38-53(60-54)44-18-7-4-8-19-44)48-31-25-42(26-32-48)41-23-29-47(30-24-41)61-55-22-12-11-21-50(55)51-33-27-43-17-9-10-20-49(43)57(51)61/h3-12,15-34,37-39H,13-14,35-36H2,1-2H3. The summed E-state index contributed by atoms with van der Waals surface area (Å²) in [6, 6.07) is 73.4. The molecular weight excluding hydrogens is 751 g/mol. The van der Waals surface area contributed by atoms with E-state index in [1.807, 2.05) is 0 Å². The molecule has 8 aromatic carbocycles. The summed E-state index contributed by atoms with van der Waals surface area (Å²) < 4.78 is 2.44. The average molecular weight is 798 g/mol. The van der Waals surface area contributed by atoms with Crippen molar-refractivity contribution in [1.82, 2.24) is 9.55 Å². The quantitative estimate of drug-likeness (QED) is 0.167. The maximum absolute atomic E-state index is 5.33. The molecule has 3 nitrogen and oxygen atoms in total. The first kappa shape index (κ1) is 36.6. The highest BCUT2D eigenvalue weighted by molar-refractivity contribution is 6.18. The van der Waals surface area contributed by atoms with Crippen molar-refractivity contribution in [2.45, 2.75) is 50.5 Å². The molecule has 0 amide bonds. The normalized spacial score (nSPS) is 18.3. The molecular formula is C59H47N3. The van der Waals surface area contributed by atoms with E-state index in [0.29, 0.717) is 0 Å². The molecule has 2 aliphatic rings. The summed E-state index contributed by atoms with van der Waals surface area (Å²) in [5.41, 5.74) is 16.7. The molecule has 0 radical (unpaired) electrons. The number of nitrogens with zero attached hydrogens (tertiary/aromatic N) is 3. The summed E-state index contributed by atoms with van der Waals surface area (Å²) in [6.07, 6.45) is 4.78. The Labute approximate surface area is 363 Å². The molecule has 1 saturated carbocycles. The van der Waals surface area contributed by atoms with Crippen LogP contribution in [0.4, 0.5) is 11.4 Å². The molecule has 1 fully saturated rings. The number of benzene rings is 8. The third kappa shape index (κ3) is 5.61. The Morgan fingerprint density at radius 1 is 0.435 bits per heavy atom. The lowest BCUT2D eigenvalue weighted by Crippen LogP contribution is -2.54. The summed E-state index contributed by atoms with van der Waals surface area (Å²) in [5.74, 6) is 0. The molecule has 0 spiro atoms. The molecule has 0 bridgehead atoms. The van der Waals surface area contributed by atoms with Crippen LogP contribution < -0.4 is 4.90 Å². The zero-order chi connectivity index (χ0) is 41.4. The van der Waals surface area contributed by atoms with E-state index in [1.54, 1.807) is 0 Å². The number of rotatable bonds is 6. The summed E-state index contributed by atoms with van der Waals surface area (Å²) in [7, 11) is 0. The summed E-state index contributed by atoms with van der Waals surface area (Å²) in [4.78, 5) is 8.00. The highest BCUT2D eigenvalue weighted by atomic mass is 15.3. The molecule has 3 heteroatoms. The fourth-order valence-corrected chi connectivity index (χ4v) is 11.1. The zero-order valence-electron chi connectivity index (χ0n) is 35.2. The second-order valence-corrected chi connectivity index (χ2v) is 17.9. The van der Waals surface area contributed by atoms with Gasteiger partial charge >= 0.3 is 0 Å². The maximum Gasteiger partial charge on any atom is 0.0715 e. The fraction of sp³-hybridized carbons (Fsp3) is 0.136. The first-order chi connectivity index (χ1) is 30.5. The van der Waals surface area contributed by atoms with Crippen LogP contribution in [0.1, 0.15) is 45.1 Å². The van der Waals surface area contributed by atoms with Crippen molar-refractivity contribution in [1.29, 1.82) is 0 Å². The minimum absolute atomic E-state index is 0.0114. The monoisotopic (exact) mass is 797 g/mol. The molecule has 62 heavy (non-hydrogen) atoms. The van der Waals surface area contributed by atoms with Crippen molar-refractivity contribution in [2.24, 2.45) is 0 Å². The Balaban J connectivity index is 0.911. The third-order valence-electron chi connectivity index (χ3n) is 14.5. The van der Waals surface area contributed by atoms with E-state index in [4.69, 9.17) is 4.98 Å². The minimum atomic E-state index is -0.0592. The van der Waals surface area contributed by atoms with Gasteiger partial charge in [0.25, 0.3) is 0 Å². The van der Waals surface area contributed by atoms with Crippen LogP contribution in [0.2, 0.25) is 0 Å². The zero-order valence-corrected chi connectivity index (χ0v) is 35.2. The predicted molar refractivity (Wildman–Crippen MR) is 261 cm³/mol. The Bertz CT molecular complexity index is 3250. The minimum Gasteiger partial charge on any atom is -0.334 e. The Morgan fingerprint density at radius 3 is 1.76 bits per heavy atom. The number of aromatic nitrogens is 2. The van der Waals surface area contributed by atoms with Gasteiger partial charge in [-0.3, -0.25) is 0 Å². The number of anilines is 2. The average Bonchev–Trinajstić information content (AvgIpc) is 3.78. The van der Waals surface area contributed by atoms with Crippen LogP contribution in [0, 0.1) is 0 Å². The molecule has 1 aliphatic carbocycles. The van der Waals surface area contributed by atoms with Gasteiger partial charge in [-0.1, -0.05) is 165 Å². The topological polar surface area (TPSA) is 21.1 Å². The summed E-state index contributed by atoms with van der Waals surface area (Å²) in [6.45, 7) is 5.03. The van der Waals surface area contributed by atoms with E-state index in [-0.39, 0.29) is 11.0 Å². The lowest BCUT2D eigenvalue weighted by molar-refractivity contribution is 0.195. The van der Waals surface area contributed by atoms with Gasteiger partial charge in [0.1, 0.15) is 0 Å². The number of hydrogen-bond acceptors (Lipinski definition) is 2. The van der Waals surface area contributed by atoms with Crippen LogP contribution in [0.3, 0.4) is 0 Å². The van der Waals surface area contributed by atoms with Crippen LogP contribution in [-0.2, 0) is 5.41 Å². The van der Waals surface area contributed by atoms with Crippen molar-refractivity contribution in [3.8, 4) is 50.5 Å². The van der Waals surface area contributed by atoms with Crippen LogP contribution >= 0.6 is 0 Å². The van der Waals surface area contributed by atoms with Gasteiger partial charge in [0, 0.05) is 49.8 Å². The molecule has 2 atom stereocenters. The van der Waals surface area contributed by atoms with Crippen molar-refractivity contribution in [3.05, 3.63) is 206 Å². The lowest BCUT2D eigenvalue weighted by Gasteiger charge is -2.50. The largest absolute Gasteiger partial charge is 0.334 e. The Morgan fingerprint density at radius 2 is 1.02 bits per heavy atom. The number of hydrogen-bond donors (Lipinski definition) is 0. The van der Waals surface area contributed by atoms with Crippen LogP contribution in [-0.4, -0.2) is 15.1 Å². The Kier molecular flexibility index (Phi) is 8.37. The van der Waals surface area contributed by atoms with Gasteiger partial charge in [0.2, 0.25) is 0 Å².